The summed E-state index contributed by atoms with van der Waals surface area (Å²) in [5, 5.41) is 26.4. The minimum atomic E-state index is -1.19. The molecule has 0 spiro atoms. The van der Waals surface area contributed by atoms with E-state index in [1.54, 1.807) is 12.1 Å². The largest absolute Gasteiger partial charge is 0.494 e. The lowest BCUT2D eigenvalue weighted by atomic mass is 10.1. The number of nitrogens with two attached hydrogens (primary N) is 2. The highest BCUT2D eigenvalue weighted by Crippen LogP contribution is 2.14. The van der Waals surface area contributed by atoms with E-state index in [-0.39, 0.29) is 42.5 Å². The smallest absolute Gasteiger partial charge is 0.335 e. The lowest BCUT2D eigenvalue weighted by molar-refractivity contribution is -0.142. The average molecular weight is 678 g/mol. The lowest BCUT2D eigenvalue weighted by Gasteiger charge is -2.15. The molecule has 0 aliphatic heterocycles. The average Bonchev–Trinajstić information content (AvgIpc) is 3.06. The number of benzene rings is 1. The first-order valence-corrected chi connectivity index (χ1v) is 17.0. The molecule has 270 valence electrons. The first kappa shape index (κ1) is 42.0. The van der Waals surface area contributed by atoms with Gasteiger partial charge in [-0.05, 0) is 82.1 Å². The zero-order valence-electron chi connectivity index (χ0n) is 28.0. The van der Waals surface area contributed by atoms with Crippen LogP contribution in [0.2, 0.25) is 0 Å². The first-order chi connectivity index (χ1) is 23.0. The SMILES string of the molecule is N[C@H](C=O)CCCCNC(=O)[C@@H](N)CCCCNC(=O)CC[C@H](NC(=O)CCCCCCCCCOc1ccc(C(=O)O)cc1)C(=O)O. The summed E-state index contributed by atoms with van der Waals surface area (Å²) in [5.41, 5.74) is 11.7. The summed E-state index contributed by atoms with van der Waals surface area (Å²) >= 11 is 0. The monoisotopic (exact) mass is 677 g/mol. The van der Waals surface area contributed by atoms with Crippen LogP contribution >= 0.6 is 0 Å². The van der Waals surface area contributed by atoms with Gasteiger partial charge < -0.3 is 47.2 Å². The van der Waals surface area contributed by atoms with Crippen LogP contribution in [0.5, 0.6) is 5.75 Å². The second-order valence-corrected chi connectivity index (χ2v) is 11.9. The molecule has 0 bridgehead atoms. The van der Waals surface area contributed by atoms with Gasteiger partial charge in [-0.1, -0.05) is 32.1 Å². The van der Waals surface area contributed by atoms with Gasteiger partial charge in [0.1, 0.15) is 18.1 Å². The van der Waals surface area contributed by atoms with E-state index in [2.05, 4.69) is 16.0 Å². The predicted octanol–water partition coefficient (Wildman–Crippen LogP) is 2.66. The molecule has 0 saturated carbocycles. The quantitative estimate of drug-likeness (QED) is 0.0480. The number of aliphatic carboxylic acids is 1. The Morgan fingerprint density at radius 1 is 0.708 bits per heavy atom. The number of nitrogens with one attached hydrogen (secondary N) is 3. The van der Waals surface area contributed by atoms with E-state index < -0.39 is 30.1 Å². The maximum absolute atomic E-state index is 12.3. The van der Waals surface area contributed by atoms with Crippen LogP contribution in [-0.4, -0.2) is 84.0 Å². The number of amides is 3. The Morgan fingerprint density at radius 3 is 1.94 bits per heavy atom. The molecule has 9 N–H and O–H groups in total. The zero-order chi connectivity index (χ0) is 35.6. The van der Waals surface area contributed by atoms with Gasteiger partial charge in [0, 0.05) is 25.9 Å². The van der Waals surface area contributed by atoms with Crippen molar-refractivity contribution in [1.82, 2.24) is 16.0 Å². The molecular weight excluding hydrogens is 622 g/mol. The van der Waals surface area contributed by atoms with Crippen LogP contribution in [0.3, 0.4) is 0 Å². The predicted molar refractivity (Wildman–Crippen MR) is 180 cm³/mol. The number of carboxylic acid groups (broad SMARTS) is 2. The number of aldehydes is 1. The number of rotatable bonds is 29. The summed E-state index contributed by atoms with van der Waals surface area (Å²) in [4.78, 5) is 69.5. The number of hydrogen-bond donors (Lipinski definition) is 7. The van der Waals surface area contributed by atoms with Crippen LogP contribution in [-0.2, 0) is 24.0 Å². The van der Waals surface area contributed by atoms with Gasteiger partial charge in [-0.3, -0.25) is 14.4 Å². The summed E-state index contributed by atoms with van der Waals surface area (Å²) in [7, 11) is 0. The van der Waals surface area contributed by atoms with Crippen molar-refractivity contribution in [3.05, 3.63) is 29.8 Å². The van der Waals surface area contributed by atoms with Crippen LogP contribution in [0.15, 0.2) is 24.3 Å². The second kappa shape index (κ2) is 26.0. The number of hydrogen-bond acceptors (Lipinski definition) is 9. The van der Waals surface area contributed by atoms with Gasteiger partial charge in [0.2, 0.25) is 17.7 Å². The normalized spacial score (nSPS) is 12.7. The summed E-state index contributed by atoms with van der Waals surface area (Å²) in [6.45, 7) is 1.38. The van der Waals surface area contributed by atoms with Gasteiger partial charge in [-0.25, -0.2) is 9.59 Å². The fourth-order valence-electron chi connectivity index (χ4n) is 4.81. The highest BCUT2D eigenvalue weighted by Gasteiger charge is 2.21. The molecule has 0 radical (unpaired) electrons. The Hall–Kier alpha value is -4.04. The Bertz CT molecular complexity index is 1120. The molecule has 0 unspecified atom stereocenters. The van der Waals surface area contributed by atoms with Crippen molar-refractivity contribution in [2.45, 2.75) is 121 Å². The zero-order valence-corrected chi connectivity index (χ0v) is 28.0. The molecule has 14 nitrogen and oxygen atoms in total. The number of carbonyl (C=O) groups excluding carboxylic acids is 4. The standard InChI is InChI=1S/C34H55N5O9/c35-26(24-40)12-7-9-22-38-32(43)28(36)13-8-10-21-37-30(41)20-19-29(34(46)47)39-31(42)14-6-4-2-1-3-5-11-23-48-27-17-15-25(16-18-27)33(44)45/h15-18,24,26,28-29H,1-14,19-23,35-36H2,(H,37,41)(H,38,43)(H,39,42)(H,44,45)(H,46,47)/t26-,28-,29-/m0/s1. The van der Waals surface area contributed by atoms with Crippen molar-refractivity contribution < 1.29 is 43.7 Å². The third kappa shape index (κ3) is 21.0. The molecule has 1 aromatic carbocycles. The molecule has 0 aromatic heterocycles. The Labute approximate surface area is 283 Å². The molecule has 0 aliphatic carbocycles. The molecule has 1 aromatic rings. The lowest BCUT2D eigenvalue weighted by Crippen LogP contribution is -2.41. The van der Waals surface area contributed by atoms with Crippen molar-refractivity contribution in [2.24, 2.45) is 11.5 Å². The molecule has 48 heavy (non-hydrogen) atoms. The van der Waals surface area contributed by atoms with Crippen LogP contribution in [0.1, 0.15) is 113 Å². The van der Waals surface area contributed by atoms with E-state index in [9.17, 15) is 33.9 Å². The molecular formula is C34H55N5O9. The highest BCUT2D eigenvalue weighted by atomic mass is 16.5. The van der Waals surface area contributed by atoms with Gasteiger partial charge in [-0.15, -0.1) is 0 Å². The summed E-state index contributed by atoms with van der Waals surface area (Å²) in [6, 6.07) is 4.04. The van der Waals surface area contributed by atoms with Gasteiger partial charge in [0.05, 0.1) is 24.3 Å². The van der Waals surface area contributed by atoms with Crippen molar-refractivity contribution in [3.8, 4) is 5.75 Å². The number of carbonyl (C=O) groups is 6. The van der Waals surface area contributed by atoms with Gasteiger partial charge in [0.15, 0.2) is 0 Å². The van der Waals surface area contributed by atoms with E-state index in [0.717, 1.165) is 44.9 Å². The molecule has 14 heteroatoms. The van der Waals surface area contributed by atoms with E-state index in [1.807, 2.05) is 0 Å². The minimum Gasteiger partial charge on any atom is -0.494 e. The van der Waals surface area contributed by atoms with Crippen LogP contribution in [0.25, 0.3) is 0 Å². The van der Waals surface area contributed by atoms with E-state index in [0.29, 0.717) is 70.3 Å². The fraction of sp³-hybridized carbons (Fsp3) is 0.647. The van der Waals surface area contributed by atoms with Crippen molar-refractivity contribution in [2.75, 3.05) is 19.7 Å². The van der Waals surface area contributed by atoms with E-state index in [1.165, 1.54) is 12.1 Å². The Morgan fingerprint density at radius 2 is 1.31 bits per heavy atom. The maximum Gasteiger partial charge on any atom is 0.335 e. The van der Waals surface area contributed by atoms with Gasteiger partial charge in [-0.2, -0.15) is 0 Å². The van der Waals surface area contributed by atoms with Crippen molar-refractivity contribution in [3.63, 3.8) is 0 Å². The molecule has 3 amide bonds. The third-order valence-corrected chi connectivity index (χ3v) is 7.75. The number of unbranched alkanes of at least 4 members (excludes halogenated alkanes) is 8. The van der Waals surface area contributed by atoms with Crippen LogP contribution in [0, 0.1) is 0 Å². The molecule has 0 saturated heterocycles. The van der Waals surface area contributed by atoms with E-state index in [4.69, 9.17) is 21.3 Å². The summed E-state index contributed by atoms with van der Waals surface area (Å²) < 4.78 is 5.63. The fourth-order valence-corrected chi connectivity index (χ4v) is 4.81. The Kier molecular flexibility index (Phi) is 22.7. The first-order valence-electron chi connectivity index (χ1n) is 17.0. The molecule has 3 atom stereocenters. The topological polar surface area (TPSA) is 240 Å². The third-order valence-electron chi connectivity index (χ3n) is 7.75. The van der Waals surface area contributed by atoms with Crippen molar-refractivity contribution in [1.29, 1.82) is 0 Å². The van der Waals surface area contributed by atoms with Gasteiger partial charge >= 0.3 is 11.9 Å². The number of ether oxygens (including phenoxy) is 1. The molecule has 0 aliphatic rings. The van der Waals surface area contributed by atoms with Crippen LogP contribution in [0.4, 0.5) is 0 Å². The van der Waals surface area contributed by atoms with E-state index >= 15 is 0 Å². The number of carboxylic acids is 2. The Balaban J connectivity index is 2.06. The van der Waals surface area contributed by atoms with Gasteiger partial charge in [0.25, 0.3) is 0 Å². The van der Waals surface area contributed by atoms with Crippen molar-refractivity contribution >= 4 is 35.9 Å². The molecule has 0 fully saturated rings. The second-order valence-electron chi connectivity index (χ2n) is 11.9. The molecule has 0 heterocycles. The summed E-state index contributed by atoms with van der Waals surface area (Å²) in [6.07, 6.45) is 11.0. The molecule has 1 rings (SSSR count). The maximum atomic E-state index is 12.3. The minimum absolute atomic E-state index is 0.0175. The highest BCUT2D eigenvalue weighted by molar-refractivity contribution is 5.87. The number of aromatic carboxylic acids is 1. The van der Waals surface area contributed by atoms with Crippen LogP contribution < -0.4 is 32.2 Å². The summed E-state index contributed by atoms with van der Waals surface area (Å²) in [5.74, 6) is -2.43.